The molecule has 180 valence electrons. The second-order valence-electron chi connectivity index (χ2n) is 7.89. The first-order valence-electron chi connectivity index (χ1n) is 11.0. The average molecular weight is 493 g/mol. The maximum absolute atomic E-state index is 13.0. The number of fused-ring (bicyclic) bond motifs is 1. The lowest BCUT2D eigenvalue weighted by Crippen LogP contribution is -2.43. The quantitative estimate of drug-likeness (QED) is 0.324. The fourth-order valence-electron chi connectivity index (χ4n) is 3.77. The number of aromatic nitrogens is 1. The van der Waals surface area contributed by atoms with Gasteiger partial charge < -0.3 is 24.5 Å². The Morgan fingerprint density at radius 3 is 2.51 bits per heavy atom. The predicted octanol–water partition coefficient (Wildman–Crippen LogP) is 4.92. The van der Waals surface area contributed by atoms with E-state index >= 15 is 0 Å². The normalized spacial score (nSPS) is 11.6. The number of carbonyl (C=O) groups excluding carboxylic acids is 2. The molecule has 2 N–H and O–H groups in total. The van der Waals surface area contributed by atoms with Gasteiger partial charge in [-0.25, -0.2) is 4.79 Å². The van der Waals surface area contributed by atoms with E-state index in [0.29, 0.717) is 28.7 Å². The van der Waals surface area contributed by atoms with Gasteiger partial charge in [0.2, 0.25) is 0 Å². The van der Waals surface area contributed by atoms with Gasteiger partial charge in [0.25, 0.3) is 5.91 Å². The molecule has 4 rings (SSSR count). The summed E-state index contributed by atoms with van der Waals surface area (Å²) in [6.45, 7) is 0.314. The van der Waals surface area contributed by atoms with Crippen LogP contribution in [0.5, 0.6) is 11.5 Å². The summed E-state index contributed by atoms with van der Waals surface area (Å²) in [5.41, 5.74) is 3.13. The number of nitrogens with one attached hydrogen (secondary N) is 2. The van der Waals surface area contributed by atoms with Crippen LogP contribution in [0.15, 0.2) is 72.9 Å². The smallest absolute Gasteiger partial charge is 0.328 e. The van der Waals surface area contributed by atoms with Crippen molar-refractivity contribution < 1.29 is 23.8 Å². The van der Waals surface area contributed by atoms with Gasteiger partial charge in [0.05, 0.1) is 14.2 Å². The number of methoxy groups -OCH3 is 2. The van der Waals surface area contributed by atoms with Gasteiger partial charge in [-0.1, -0.05) is 41.9 Å². The summed E-state index contributed by atoms with van der Waals surface area (Å²) in [7, 11) is 2.80. The molecule has 1 aromatic heterocycles. The number of aromatic amines is 1. The van der Waals surface area contributed by atoms with Crippen LogP contribution in [0.25, 0.3) is 10.9 Å². The lowest BCUT2D eigenvalue weighted by atomic mass is 10.0. The second kappa shape index (κ2) is 11.0. The van der Waals surface area contributed by atoms with Crippen LogP contribution in [0, 0.1) is 0 Å². The molecule has 0 aliphatic carbocycles. The zero-order valence-electron chi connectivity index (χ0n) is 19.3. The Bertz CT molecular complexity index is 1330. The third kappa shape index (κ3) is 5.75. The molecule has 1 heterocycles. The highest BCUT2D eigenvalue weighted by Crippen LogP contribution is 2.29. The fraction of sp³-hybridized carbons (Fsp3) is 0.185. The molecule has 7 nitrogen and oxygen atoms in total. The minimum absolute atomic E-state index is 0.280. The molecule has 1 amide bonds. The number of ether oxygens (including phenoxy) is 3. The van der Waals surface area contributed by atoms with Crippen LogP contribution in [-0.4, -0.2) is 37.1 Å². The third-order valence-electron chi connectivity index (χ3n) is 5.62. The molecule has 0 aliphatic rings. The Morgan fingerprint density at radius 1 is 1.00 bits per heavy atom. The third-order valence-corrected chi connectivity index (χ3v) is 5.88. The number of rotatable bonds is 9. The number of carbonyl (C=O) groups is 2. The maximum atomic E-state index is 13.0. The van der Waals surface area contributed by atoms with Crippen molar-refractivity contribution in [2.45, 2.75) is 19.1 Å². The van der Waals surface area contributed by atoms with Crippen LogP contribution >= 0.6 is 11.6 Å². The maximum Gasteiger partial charge on any atom is 0.328 e. The monoisotopic (exact) mass is 492 g/mol. The zero-order chi connectivity index (χ0) is 24.8. The van der Waals surface area contributed by atoms with Crippen LogP contribution in [0.2, 0.25) is 5.02 Å². The van der Waals surface area contributed by atoms with Crippen molar-refractivity contribution in [2.75, 3.05) is 14.2 Å². The first kappa shape index (κ1) is 24.2. The topological polar surface area (TPSA) is 89.7 Å². The van der Waals surface area contributed by atoms with Gasteiger partial charge in [0.1, 0.15) is 12.6 Å². The van der Waals surface area contributed by atoms with Gasteiger partial charge in [-0.3, -0.25) is 4.79 Å². The van der Waals surface area contributed by atoms with Crippen LogP contribution < -0.4 is 14.8 Å². The SMILES string of the molecule is COC(=O)[C@@H](Cc1c[nH]c2ccccc12)NC(=O)c1ccc(OCc2ccc(Cl)cc2)c(OC)c1. The number of benzene rings is 3. The minimum Gasteiger partial charge on any atom is -0.493 e. The number of para-hydroxylation sites is 1. The van der Waals surface area contributed by atoms with Crippen molar-refractivity contribution in [3.63, 3.8) is 0 Å². The van der Waals surface area contributed by atoms with Gasteiger partial charge in [-0.2, -0.15) is 0 Å². The zero-order valence-corrected chi connectivity index (χ0v) is 20.1. The minimum atomic E-state index is -0.862. The van der Waals surface area contributed by atoms with Gasteiger partial charge >= 0.3 is 5.97 Å². The van der Waals surface area contributed by atoms with Crippen LogP contribution in [0.3, 0.4) is 0 Å². The van der Waals surface area contributed by atoms with E-state index in [0.717, 1.165) is 22.0 Å². The molecule has 0 saturated carbocycles. The molecule has 0 saturated heterocycles. The lowest BCUT2D eigenvalue weighted by Gasteiger charge is -2.17. The molecule has 0 aliphatic heterocycles. The number of esters is 1. The van der Waals surface area contributed by atoms with Gasteiger partial charge in [-0.15, -0.1) is 0 Å². The summed E-state index contributed by atoms with van der Waals surface area (Å²) in [6.07, 6.45) is 2.12. The fourth-order valence-corrected chi connectivity index (χ4v) is 3.89. The Labute approximate surface area is 208 Å². The van der Waals surface area contributed by atoms with Crippen molar-refractivity contribution >= 4 is 34.4 Å². The van der Waals surface area contributed by atoms with E-state index in [1.54, 1.807) is 30.3 Å². The van der Waals surface area contributed by atoms with E-state index in [-0.39, 0.29) is 6.42 Å². The van der Waals surface area contributed by atoms with Gasteiger partial charge in [-0.05, 0) is 47.5 Å². The second-order valence-corrected chi connectivity index (χ2v) is 8.33. The van der Waals surface area contributed by atoms with Gasteiger partial charge in [0, 0.05) is 34.1 Å². The summed E-state index contributed by atoms with van der Waals surface area (Å²) >= 11 is 5.92. The molecule has 0 spiro atoms. The number of amides is 1. The van der Waals surface area contributed by atoms with Crippen LogP contribution in [0.4, 0.5) is 0 Å². The molecule has 8 heteroatoms. The molecule has 1 atom stereocenters. The van der Waals surface area contributed by atoms with Crippen LogP contribution in [-0.2, 0) is 22.6 Å². The van der Waals surface area contributed by atoms with E-state index in [1.807, 2.05) is 42.6 Å². The number of hydrogen-bond donors (Lipinski definition) is 2. The van der Waals surface area contributed by atoms with Gasteiger partial charge in [0.15, 0.2) is 11.5 Å². The summed E-state index contributed by atoms with van der Waals surface area (Å²) in [5, 5.41) is 4.42. The Hall–Kier alpha value is -3.97. The van der Waals surface area contributed by atoms with Crippen LogP contribution in [0.1, 0.15) is 21.5 Å². The first-order valence-corrected chi connectivity index (χ1v) is 11.3. The van der Waals surface area contributed by atoms with E-state index in [4.69, 9.17) is 25.8 Å². The molecule has 4 aromatic rings. The molecule has 0 unspecified atom stereocenters. The summed E-state index contributed by atoms with van der Waals surface area (Å²) in [6, 6.07) is 19.1. The van der Waals surface area contributed by atoms with E-state index < -0.39 is 17.9 Å². The molecule has 0 bridgehead atoms. The van der Waals surface area contributed by atoms with Crippen molar-refractivity contribution in [3.05, 3.63) is 94.6 Å². The first-order chi connectivity index (χ1) is 17.0. The molecule has 0 fully saturated rings. The Balaban J connectivity index is 1.48. The highest BCUT2D eigenvalue weighted by molar-refractivity contribution is 6.30. The molecular weight excluding hydrogens is 468 g/mol. The standard InChI is InChI=1S/C27H25ClN2O5/c1-33-25-14-18(9-12-24(25)35-16-17-7-10-20(28)11-8-17)26(31)30-23(27(32)34-2)13-19-15-29-22-6-4-3-5-21(19)22/h3-12,14-15,23,29H,13,16H2,1-2H3,(H,30,31)/t23-/m1/s1. The molecule has 0 radical (unpaired) electrons. The van der Waals surface area contributed by atoms with Crippen molar-refractivity contribution in [3.8, 4) is 11.5 Å². The molecule has 3 aromatic carbocycles. The van der Waals surface area contributed by atoms with Crippen molar-refractivity contribution in [2.24, 2.45) is 0 Å². The predicted molar refractivity (Wildman–Crippen MR) is 134 cm³/mol. The molecular formula is C27H25ClN2O5. The van der Waals surface area contributed by atoms with E-state index in [9.17, 15) is 9.59 Å². The van der Waals surface area contributed by atoms with Crippen molar-refractivity contribution in [1.82, 2.24) is 10.3 Å². The summed E-state index contributed by atoms with van der Waals surface area (Å²) in [4.78, 5) is 28.7. The molecule has 35 heavy (non-hydrogen) atoms. The number of halogens is 1. The Morgan fingerprint density at radius 2 is 1.77 bits per heavy atom. The number of hydrogen-bond acceptors (Lipinski definition) is 5. The Kier molecular flexibility index (Phi) is 7.57. The van der Waals surface area contributed by atoms with E-state index in [1.165, 1.54) is 14.2 Å². The summed E-state index contributed by atoms with van der Waals surface area (Å²) in [5.74, 6) is -0.0681. The van der Waals surface area contributed by atoms with E-state index in [2.05, 4.69) is 10.3 Å². The van der Waals surface area contributed by atoms with Crippen molar-refractivity contribution in [1.29, 1.82) is 0 Å². The average Bonchev–Trinajstić information content (AvgIpc) is 3.30. The number of H-pyrrole nitrogens is 1. The largest absolute Gasteiger partial charge is 0.493 e. The highest BCUT2D eigenvalue weighted by Gasteiger charge is 2.24. The highest BCUT2D eigenvalue weighted by atomic mass is 35.5. The summed E-state index contributed by atoms with van der Waals surface area (Å²) < 4.78 is 16.2. The lowest BCUT2D eigenvalue weighted by molar-refractivity contribution is -0.142.